The van der Waals surface area contributed by atoms with Crippen molar-refractivity contribution in [1.82, 2.24) is 5.32 Å². The van der Waals surface area contributed by atoms with Gasteiger partial charge in [0.2, 0.25) is 0 Å². The standard InChI is InChI=1S/C13H18N2O2/c1-13(2,3)11(16)8-15-12(17)9-4-6-10(14)7-5-9/h4-7H,8,14H2,1-3H3,(H,15,17). The number of hydrogen-bond donors (Lipinski definition) is 2. The molecule has 0 aliphatic carbocycles. The Bertz CT molecular complexity index is 416. The lowest BCUT2D eigenvalue weighted by molar-refractivity contribution is -0.125. The molecule has 1 aromatic carbocycles. The van der Waals surface area contributed by atoms with Gasteiger partial charge in [-0.3, -0.25) is 9.59 Å². The topological polar surface area (TPSA) is 72.2 Å². The maximum atomic E-state index is 11.7. The number of nitrogens with one attached hydrogen (secondary N) is 1. The van der Waals surface area contributed by atoms with E-state index in [1.165, 1.54) is 0 Å². The third kappa shape index (κ3) is 3.90. The molecule has 3 N–H and O–H groups in total. The number of rotatable bonds is 3. The number of anilines is 1. The van der Waals surface area contributed by atoms with Gasteiger partial charge in [0.1, 0.15) is 0 Å². The molecule has 0 aromatic heterocycles. The van der Waals surface area contributed by atoms with E-state index in [0.29, 0.717) is 11.3 Å². The molecule has 0 bridgehead atoms. The van der Waals surface area contributed by atoms with Crippen LogP contribution >= 0.6 is 0 Å². The zero-order valence-corrected chi connectivity index (χ0v) is 10.4. The summed E-state index contributed by atoms with van der Waals surface area (Å²) in [6, 6.07) is 6.57. The highest BCUT2D eigenvalue weighted by atomic mass is 16.2. The van der Waals surface area contributed by atoms with Gasteiger partial charge in [0.25, 0.3) is 5.91 Å². The Hall–Kier alpha value is -1.84. The van der Waals surface area contributed by atoms with Crippen LogP contribution in [0.3, 0.4) is 0 Å². The Morgan fingerprint density at radius 1 is 1.18 bits per heavy atom. The van der Waals surface area contributed by atoms with Crippen LogP contribution in [0.25, 0.3) is 0 Å². The number of nitrogen functional groups attached to an aromatic ring is 1. The van der Waals surface area contributed by atoms with E-state index >= 15 is 0 Å². The van der Waals surface area contributed by atoms with Gasteiger partial charge in [0, 0.05) is 16.7 Å². The van der Waals surface area contributed by atoms with Gasteiger partial charge in [-0.2, -0.15) is 0 Å². The van der Waals surface area contributed by atoms with Crippen LogP contribution in [0, 0.1) is 5.41 Å². The SMILES string of the molecule is CC(C)(C)C(=O)CNC(=O)c1ccc(N)cc1. The summed E-state index contributed by atoms with van der Waals surface area (Å²) in [6.45, 7) is 5.52. The first-order valence-electron chi connectivity index (χ1n) is 5.48. The molecule has 4 nitrogen and oxygen atoms in total. The van der Waals surface area contributed by atoms with Crippen molar-refractivity contribution < 1.29 is 9.59 Å². The number of hydrogen-bond acceptors (Lipinski definition) is 3. The van der Waals surface area contributed by atoms with Crippen molar-refractivity contribution in [3.05, 3.63) is 29.8 Å². The maximum Gasteiger partial charge on any atom is 0.251 e. The molecule has 1 amide bonds. The minimum atomic E-state index is -0.436. The summed E-state index contributed by atoms with van der Waals surface area (Å²) in [5.74, 6) is -0.260. The molecule has 92 valence electrons. The number of Topliss-reactive ketones (excluding diaryl/α,β-unsaturated/α-hetero) is 1. The normalized spacial score (nSPS) is 11.0. The van der Waals surface area contributed by atoms with Gasteiger partial charge in [-0.15, -0.1) is 0 Å². The van der Waals surface area contributed by atoms with E-state index < -0.39 is 5.41 Å². The van der Waals surface area contributed by atoms with Gasteiger partial charge in [0.15, 0.2) is 5.78 Å². The van der Waals surface area contributed by atoms with E-state index in [1.54, 1.807) is 24.3 Å². The van der Waals surface area contributed by atoms with Gasteiger partial charge in [0.05, 0.1) is 6.54 Å². The first-order chi connectivity index (χ1) is 7.80. The van der Waals surface area contributed by atoms with Gasteiger partial charge >= 0.3 is 0 Å². The van der Waals surface area contributed by atoms with Gasteiger partial charge in [-0.05, 0) is 24.3 Å². The second kappa shape index (κ2) is 4.99. The van der Waals surface area contributed by atoms with E-state index in [4.69, 9.17) is 5.73 Å². The molecular weight excluding hydrogens is 216 g/mol. The smallest absolute Gasteiger partial charge is 0.251 e. The molecule has 1 rings (SSSR count). The fourth-order valence-corrected chi connectivity index (χ4v) is 1.16. The minimum absolute atomic E-state index is 0.00120. The predicted molar refractivity (Wildman–Crippen MR) is 67.6 cm³/mol. The van der Waals surface area contributed by atoms with Crippen molar-refractivity contribution in [1.29, 1.82) is 0 Å². The molecule has 0 radical (unpaired) electrons. The van der Waals surface area contributed by atoms with E-state index in [1.807, 2.05) is 20.8 Å². The molecular formula is C13H18N2O2. The molecule has 1 aromatic rings. The third-order valence-electron chi connectivity index (χ3n) is 2.42. The monoisotopic (exact) mass is 234 g/mol. The van der Waals surface area contributed by atoms with Crippen LogP contribution in [0.4, 0.5) is 5.69 Å². The van der Waals surface area contributed by atoms with E-state index in [2.05, 4.69) is 5.32 Å². The Morgan fingerprint density at radius 2 is 1.71 bits per heavy atom. The molecule has 0 heterocycles. The second-order valence-electron chi connectivity index (χ2n) is 4.98. The van der Waals surface area contributed by atoms with Crippen molar-refractivity contribution in [2.75, 3.05) is 12.3 Å². The molecule has 0 aliphatic heterocycles. The number of benzene rings is 1. The minimum Gasteiger partial charge on any atom is -0.399 e. The summed E-state index contributed by atoms with van der Waals surface area (Å²) in [5.41, 5.74) is 6.19. The summed E-state index contributed by atoms with van der Waals surface area (Å²) < 4.78 is 0. The molecule has 0 saturated heterocycles. The summed E-state index contributed by atoms with van der Waals surface area (Å²) in [5, 5.41) is 2.60. The van der Waals surface area contributed by atoms with E-state index in [-0.39, 0.29) is 18.2 Å². The van der Waals surface area contributed by atoms with Crippen LogP contribution in [0.5, 0.6) is 0 Å². The van der Waals surface area contributed by atoms with Crippen molar-refractivity contribution in [3.63, 3.8) is 0 Å². The van der Waals surface area contributed by atoms with Crippen LogP contribution in [-0.2, 0) is 4.79 Å². The lowest BCUT2D eigenvalue weighted by Gasteiger charge is -2.16. The van der Waals surface area contributed by atoms with E-state index in [9.17, 15) is 9.59 Å². The summed E-state index contributed by atoms with van der Waals surface area (Å²) in [6.07, 6.45) is 0. The number of carbonyl (C=O) groups excluding carboxylic acids is 2. The Morgan fingerprint density at radius 3 is 2.18 bits per heavy atom. The zero-order chi connectivity index (χ0) is 13.1. The molecule has 0 fully saturated rings. The first kappa shape index (κ1) is 13.2. The second-order valence-corrected chi connectivity index (χ2v) is 4.98. The third-order valence-corrected chi connectivity index (χ3v) is 2.42. The molecule has 0 atom stereocenters. The Balaban J connectivity index is 2.56. The molecule has 0 spiro atoms. The molecule has 0 aliphatic rings. The first-order valence-corrected chi connectivity index (χ1v) is 5.48. The van der Waals surface area contributed by atoms with Crippen LogP contribution in [0.1, 0.15) is 31.1 Å². The van der Waals surface area contributed by atoms with Gasteiger partial charge in [-0.1, -0.05) is 20.8 Å². The molecule has 4 heteroatoms. The van der Waals surface area contributed by atoms with Crippen LogP contribution in [0.2, 0.25) is 0 Å². The van der Waals surface area contributed by atoms with Crippen LogP contribution in [0.15, 0.2) is 24.3 Å². The molecule has 17 heavy (non-hydrogen) atoms. The average molecular weight is 234 g/mol. The number of nitrogens with two attached hydrogens (primary N) is 1. The number of ketones is 1. The van der Waals surface area contributed by atoms with Gasteiger partial charge in [-0.25, -0.2) is 0 Å². The average Bonchev–Trinajstić information content (AvgIpc) is 2.25. The highest BCUT2D eigenvalue weighted by molar-refractivity contribution is 5.97. The summed E-state index contributed by atoms with van der Waals surface area (Å²) in [7, 11) is 0. The lowest BCUT2D eigenvalue weighted by atomic mass is 9.91. The Labute approximate surface area is 101 Å². The Kier molecular flexibility index (Phi) is 3.89. The zero-order valence-electron chi connectivity index (χ0n) is 10.4. The van der Waals surface area contributed by atoms with Crippen molar-refractivity contribution in [2.45, 2.75) is 20.8 Å². The number of carbonyl (C=O) groups is 2. The largest absolute Gasteiger partial charge is 0.399 e. The fraction of sp³-hybridized carbons (Fsp3) is 0.385. The van der Waals surface area contributed by atoms with Crippen molar-refractivity contribution in [2.24, 2.45) is 5.41 Å². The highest BCUT2D eigenvalue weighted by Gasteiger charge is 2.21. The number of amides is 1. The summed E-state index contributed by atoms with van der Waals surface area (Å²) in [4.78, 5) is 23.3. The van der Waals surface area contributed by atoms with E-state index in [0.717, 1.165) is 0 Å². The quantitative estimate of drug-likeness (QED) is 0.780. The fourth-order valence-electron chi connectivity index (χ4n) is 1.16. The molecule has 0 saturated carbocycles. The maximum absolute atomic E-state index is 11.7. The van der Waals surface area contributed by atoms with Crippen LogP contribution < -0.4 is 11.1 Å². The van der Waals surface area contributed by atoms with Crippen molar-refractivity contribution in [3.8, 4) is 0 Å². The van der Waals surface area contributed by atoms with Gasteiger partial charge < -0.3 is 11.1 Å². The lowest BCUT2D eigenvalue weighted by Crippen LogP contribution is -2.35. The van der Waals surface area contributed by atoms with Crippen molar-refractivity contribution >= 4 is 17.4 Å². The molecule has 0 unspecified atom stereocenters. The van der Waals surface area contributed by atoms with Crippen LogP contribution in [-0.4, -0.2) is 18.2 Å². The summed E-state index contributed by atoms with van der Waals surface area (Å²) >= 11 is 0. The highest BCUT2D eigenvalue weighted by Crippen LogP contribution is 2.13. The predicted octanol–water partition coefficient (Wildman–Crippen LogP) is 1.61.